The second kappa shape index (κ2) is 8.03. The van der Waals surface area contributed by atoms with Gasteiger partial charge in [0.2, 0.25) is 5.91 Å². The third-order valence-corrected chi connectivity index (χ3v) is 2.52. The van der Waals surface area contributed by atoms with E-state index in [-0.39, 0.29) is 37.3 Å². The number of carbonyl (C=O) groups is 2. The molecule has 0 spiro atoms. The molecule has 2 unspecified atom stereocenters. The summed E-state index contributed by atoms with van der Waals surface area (Å²) in [5, 5.41) is 11.3. The largest absolute Gasteiger partial charge is 0.480 e. The van der Waals surface area contributed by atoms with Crippen LogP contribution in [0.5, 0.6) is 0 Å². The minimum absolute atomic E-state index is 0.133. The van der Waals surface area contributed by atoms with Crippen LogP contribution in [0.1, 0.15) is 26.7 Å². The maximum absolute atomic E-state index is 11.5. The lowest BCUT2D eigenvalue weighted by atomic mass is 10.0. The first kappa shape index (κ1) is 15.9. The molecule has 0 heterocycles. The van der Waals surface area contributed by atoms with E-state index < -0.39 is 12.0 Å². The molecule has 2 atom stereocenters. The standard InChI is InChI=1S/C11H22N2O4/c1-7(2)8(12)6-10(14)13-9(11(15)16)4-5-17-3/h7-9H,4-6,12H2,1-3H3,(H,13,14)(H,15,16). The zero-order valence-corrected chi connectivity index (χ0v) is 10.6. The van der Waals surface area contributed by atoms with Crippen LogP contribution in [-0.2, 0) is 14.3 Å². The van der Waals surface area contributed by atoms with Crippen LogP contribution < -0.4 is 11.1 Å². The molecule has 0 aromatic heterocycles. The molecule has 6 heteroatoms. The van der Waals surface area contributed by atoms with Crippen LogP contribution in [0.3, 0.4) is 0 Å². The predicted molar refractivity (Wildman–Crippen MR) is 63.5 cm³/mol. The summed E-state index contributed by atoms with van der Waals surface area (Å²) in [7, 11) is 1.48. The van der Waals surface area contributed by atoms with Crippen LogP contribution >= 0.6 is 0 Å². The number of rotatable bonds is 8. The number of methoxy groups -OCH3 is 1. The minimum atomic E-state index is -1.06. The number of carboxylic acid groups (broad SMARTS) is 1. The van der Waals surface area contributed by atoms with Gasteiger partial charge in [-0.1, -0.05) is 13.8 Å². The summed E-state index contributed by atoms with van der Waals surface area (Å²) in [5.41, 5.74) is 5.74. The van der Waals surface area contributed by atoms with Gasteiger partial charge in [-0.3, -0.25) is 4.79 Å². The van der Waals surface area contributed by atoms with Crippen molar-refractivity contribution in [3.05, 3.63) is 0 Å². The Bertz CT molecular complexity index is 256. The summed E-state index contributed by atoms with van der Waals surface area (Å²) in [5.74, 6) is -1.22. The Morgan fingerprint density at radius 1 is 1.41 bits per heavy atom. The van der Waals surface area contributed by atoms with E-state index in [1.165, 1.54) is 7.11 Å². The first-order valence-electron chi connectivity index (χ1n) is 5.65. The van der Waals surface area contributed by atoms with Crippen LogP contribution in [0.15, 0.2) is 0 Å². The van der Waals surface area contributed by atoms with Crippen molar-refractivity contribution < 1.29 is 19.4 Å². The monoisotopic (exact) mass is 246 g/mol. The normalized spacial score (nSPS) is 14.4. The second-order valence-electron chi connectivity index (χ2n) is 4.35. The molecule has 0 aromatic carbocycles. The van der Waals surface area contributed by atoms with E-state index in [9.17, 15) is 9.59 Å². The smallest absolute Gasteiger partial charge is 0.326 e. The van der Waals surface area contributed by atoms with E-state index in [0.717, 1.165) is 0 Å². The van der Waals surface area contributed by atoms with Crippen molar-refractivity contribution in [1.29, 1.82) is 0 Å². The molecule has 17 heavy (non-hydrogen) atoms. The van der Waals surface area contributed by atoms with E-state index in [1.807, 2.05) is 13.8 Å². The molecule has 0 fully saturated rings. The Hall–Kier alpha value is -1.14. The molecule has 0 aromatic rings. The molecule has 0 bridgehead atoms. The van der Waals surface area contributed by atoms with Crippen molar-refractivity contribution in [2.24, 2.45) is 11.7 Å². The molecule has 0 aliphatic carbocycles. The molecule has 0 aliphatic rings. The Labute approximate surface area is 102 Å². The van der Waals surface area contributed by atoms with Crippen LogP contribution in [0.25, 0.3) is 0 Å². The zero-order chi connectivity index (χ0) is 13.4. The van der Waals surface area contributed by atoms with Gasteiger partial charge in [0.05, 0.1) is 0 Å². The van der Waals surface area contributed by atoms with Crippen molar-refractivity contribution in [2.45, 2.75) is 38.8 Å². The lowest BCUT2D eigenvalue weighted by Crippen LogP contribution is -2.44. The van der Waals surface area contributed by atoms with E-state index in [1.54, 1.807) is 0 Å². The molecule has 100 valence electrons. The van der Waals surface area contributed by atoms with Crippen LogP contribution in [0.4, 0.5) is 0 Å². The zero-order valence-electron chi connectivity index (χ0n) is 10.6. The fraction of sp³-hybridized carbons (Fsp3) is 0.818. The van der Waals surface area contributed by atoms with Gasteiger partial charge >= 0.3 is 5.97 Å². The van der Waals surface area contributed by atoms with E-state index in [4.69, 9.17) is 15.6 Å². The van der Waals surface area contributed by atoms with Gasteiger partial charge in [0.25, 0.3) is 0 Å². The van der Waals surface area contributed by atoms with Crippen molar-refractivity contribution in [3.8, 4) is 0 Å². The summed E-state index contributed by atoms with van der Waals surface area (Å²) in [6, 6.07) is -1.17. The Kier molecular flexibility index (Phi) is 7.49. The van der Waals surface area contributed by atoms with Gasteiger partial charge in [-0.05, 0) is 5.92 Å². The number of hydrogen-bond acceptors (Lipinski definition) is 4. The maximum atomic E-state index is 11.5. The average Bonchev–Trinajstić information content (AvgIpc) is 2.23. The number of nitrogens with two attached hydrogens (primary N) is 1. The molecule has 0 saturated carbocycles. The summed E-state index contributed by atoms with van der Waals surface area (Å²) in [6.45, 7) is 4.11. The predicted octanol–water partition coefficient (Wildman–Crippen LogP) is -0.0343. The van der Waals surface area contributed by atoms with Gasteiger partial charge in [-0.2, -0.15) is 0 Å². The van der Waals surface area contributed by atoms with Gasteiger partial charge in [0.15, 0.2) is 0 Å². The molecule has 0 aliphatic heterocycles. The van der Waals surface area contributed by atoms with Crippen molar-refractivity contribution >= 4 is 11.9 Å². The molecule has 6 nitrogen and oxygen atoms in total. The first-order valence-corrected chi connectivity index (χ1v) is 5.65. The van der Waals surface area contributed by atoms with Crippen molar-refractivity contribution in [2.75, 3.05) is 13.7 Å². The van der Waals surface area contributed by atoms with E-state index in [2.05, 4.69) is 5.32 Å². The van der Waals surface area contributed by atoms with Crippen molar-refractivity contribution in [3.63, 3.8) is 0 Å². The summed E-state index contributed by atoms with van der Waals surface area (Å²) in [6.07, 6.45) is 0.378. The number of carboxylic acids is 1. The SMILES string of the molecule is COCCC(NC(=O)CC(N)C(C)C)C(=O)O. The Morgan fingerprint density at radius 3 is 2.41 bits per heavy atom. The molecular weight excluding hydrogens is 224 g/mol. The van der Waals surface area contributed by atoms with Gasteiger partial charge in [-0.25, -0.2) is 4.79 Å². The lowest BCUT2D eigenvalue weighted by molar-refractivity contribution is -0.142. The number of ether oxygens (including phenoxy) is 1. The third-order valence-electron chi connectivity index (χ3n) is 2.52. The highest BCUT2D eigenvalue weighted by molar-refractivity contribution is 5.83. The summed E-state index contributed by atoms with van der Waals surface area (Å²) in [4.78, 5) is 22.4. The number of aliphatic carboxylic acids is 1. The molecule has 4 N–H and O–H groups in total. The molecule has 0 radical (unpaired) electrons. The van der Waals surface area contributed by atoms with Gasteiger partial charge in [-0.15, -0.1) is 0 Å². The molecule has 0 rings (SSSR count). The Morgan fingerprint density at radius 2 is 2.00 bits per heavy atom. The topological polar surface area (TPSA) is 102 Å². The van der Waals surface area contributed by atoms with Crippen molar-refractivity contribution in [1.82, 2.24) is 5.32 Å². The Balaban J connectivity index is 4.16. The quantitative estimate of drug-likeness (QED) is 0.558. The fourth-order valence-electron chi connectivity index (χ4n) is 1.20. The number of nitrogens with one attached hydrogen (secondary N) is 1. The highest BCUT2D eigenvalue weighted by Crippen LogP contribution is 2.03. The average molecular weight is 246 g/mol. The van der Waals surface area contributed by atoms with Gasteiger partial charge in [0.1, 0.15) is 6.04 Å². The van der Waals surface area contributed by atoms with Crippen LogP contribution in [0, 0.1) is 5.92 Å². The first-order chi connectivity index (χ1) is 7.88. The lowest BCUT2D eigenvalue weighted by Gasteiger charge is -2.18. The van der Waals surface area contributed by atoms with Crippen LogP contribution in [-0.4, -0.2) is 42.8 Å². The number of carbonyl (C=O) groups excluding carboxylic acids is 1. The molecule has 0 saturated heterocycles. The number of hydrogen-bond donors (Lipinski definition) is 3. The number of amides is 1. The van der Waals surface area contributed by atoms with Gasteiger partial charge < -0.3 is 20.9 Å². The minimum Gasteiger partial charge on any atom is -0.480 e. The third kappa shape index (κ3) is 6.91. The van der Waals surface area contributed by atoms with Gasteiger partial charge in [0, 0.05) is 32.6 Å². The second-order valence-corrected chi connectivity index (χ2v) is 4.35. The van der Waals surface area contributed by atoms with E-state index >= 15 is 0 Å². The summed E-state index contributed by atoms with van der Waals surface area (Å²) >= 11 is 0. The highest BCUT2D eigenvalue weighted by Gasteiger charge is 2.21. The fourth-order valence-corrected chi connectivity index (χ4v) is 1.20. The molecular formula is C11H22N2O4. The molecule has 1 amide bonds. The summed E-state index contributed by atoms with van der Waals surface area (Å²) < 4.78 is 4.78. The maximum Gasteiger partial charge on any atom is 0.326 e. The van der Waals surface area contributed by atoms with E-state index in [0.29, 0.717) is 0 Å². The van der Waals surface area contributed by atoms with Crippen LogP contribution in [0.2, 0.25) is 0 Å². The highest BCUT2D eigenvalue weighted by atomic mass is 16.5.